The summed E-state index contributed by atoms with van der Waals surface area (Å²) in [5, 5.41) is 10.0. The number of rotatable bonds is 1. The highest BCUT2D eigenvalue weighted by atomic mass is 79.9. The van der Waals surface area contributed by atoms with Gasteiger partial charge in [-0.1, -0.05) is 41.1 Å². The van der Waals surface area contributed by atoms with Crippen LogP contribution in [0.5, 0.6) is 0 Å². The van der Waals surface area contributed by atoms with Crippen molar-refractivity contribution in [2.24, 2.45) is 0 Å². The van der Waals surface area contributed by atoms with E-state index in [4.69, 9.17) is 5.41 Å². The lowest BCUT2D eigenvalue weighted by Gasteiger charge is -2.12. The van der Waals surface area contributed by atoms with Crippen LogP contribution < -0.4 is 4.90 Å². The van der Waals surface area contributed by atoms with Gasteiger partial charge in [0.1, 0.15) is 0 Å². The first-order valence-corrected chi connectivity index (χ1v) is 6.50. The summed E-state index contributed by atoms with van der Waals surface area (Å²) in [5.41, 5.74) is 2.55. The van der Waals surface area contributed by atoms with Crippen molar-refractivity contribution >= 4 is 38.7 Å². The molecule has 1 atom stereocenters. The van der Waals surface area contributed by atoms with Gasteiger partial charge in [-0.25, -0.2) is 0 Å². The first kappa shape index (κ1) is 10.8. The molecule has 0 spiro atoms. The molecule has 3 heteroatoms. The smallest absolute Gasteiger partial charge is 0.0862 e. The normalized spacial score (nSPS) is 18.5. The molecule has 17 heavy (non-hydrogen) atoms. The molecule has 1 heterocycles. The highest BCUT2D eigenvalue weighted by Gasteiger charge is 2.26. The molecule has 0 saturated carbocycles. The number of fused-ring (bicyclic) bond motifs is 3. The van der Waals surface area contributed by atoms with Crippen molar-refractivity contribution < 1.29 is 0 Å². The molecule has 0 aliphatic carbocycles. The van der Waals surface area contributed by atoms with Gasteiger partial charge in [0, 0.05) is 22.6 Å². The molecule has 0 amide bonds. The van der Waals surface area contributed by atoms with Crippen LogP contribution in [0.3, 0.4) is 0 Å². The van der Waals surface area contributed by atoms with Gasteiger partial charge in [-0.15, -0.1) is 0 Å². The zero-order valence-corrected chi connectivity index (χ0v) is 11.2. The lowest BCUT2D eigenvalue weighted by molar-refractivity contribution is 0.829. The second kappa shape index (κ2) is 3.84. The Morgan fingerprint density at radius 3 is 2.88 bits per heavy atom. The molecule has 1 aliphatic heterocycles. The van der Waals surface area contributed by atoms with E-state index in [9.17, 15) is 0 Å². The van der Waals surface area contributed by atoms with Gasteiger partial charge >= 0.3 is 0 Å². The summed E-state index contributed by atoms with van der Waals surface area (Å²) in [6.45, 7) is 3.13. The van der Waals surface area contributed by atoms with E-state index >= 15 is 0 Å². The summed E-state index contributed by atoms with van der Waals surface area (Å²) in [6, 6.07) is 10.6. The molecular weight excluding hydrogens is 276 g/mol. The molecule has 0 fully saturated rings. The largest absolute Gasteiger partial charge is 0.332 e. The van der Waals surface area contributed by atoms with Crippen molar-refractivity contribution in [3.05, 3.63) is 40.4 Å². The summed E-state index contributed by atoms with van der Waals surface area (Å²) >= 11 is 3.60. The maximum absolute atomic E-state index is 7.46. The molecule has 2 aromatic carbocycles. The number of halogens is 1. The van der Waals surface area contributed by atoms with Crippen molar-refractivity contribution in [1.82, 2.24) is 0 Å². The Balaban J connectivity index is 2.37. The fraction of sp³-hybridized carbons (Fsp3) is 0.214. The van der Waals surface area contributed by atoms with Crippen molar-refractivity contribution in [2.45, 2.75) is 12.8 Å². The minimum atomic E-state index is 0.476. The molecule has 86 valence electrons. The zero-order valence-electron chi connectivity index (χ0n) is 9.57. The van der Waals surface area contributed by atoms with Crippen LogP contribution in [0, 0.1) is 5.41 Å². The molecule has 1 aliphatic rings. The van der Waals surface area contributed by atoms with E-state index in [-0.39, 0.29) is 0 Å². The van der Waals surface area contributed by atoms with Crippen molar-refractivity contribution in [3.63, 3.8) is 0 Å². The van der Waals surface area contributed by atoms with Crippen LogP contribution in [-0.2, 0) is 0 Å². The molecule has 1 N–H and O–H groups in total. The highest BCUT2D eigenvalue weighted by Crippen LogP contribution is 2.41. The molecule has 0 aromatic heterocycles. The zero-order chi connectivity index (χ0) is 12.0. The van der Waals surface area contributed by atoms with Gasteiger partial charge < -0.3 is 4.90 Å². The molecule has 2 aromatic rings. The number of hydrogen-bond acceptors (Lipinski definition) is 1. The molecule has 3 rings (SSSR count). The summed E-state index contributed by atoms with van der Waals surface area (Å²) in [5.74, 6) is 0.476. The van der Waals surface area contributed by atoms with E-state index in [0.717, 1.165) is 11.0 Å². The standard InChI is InChI=1S/C14H13BrN2/c1-9-7-17(8-16)13-6-5-10-11(14(9)13)3-2-4-12(10)15/h2-6,8-9,16H,7H2,1H3. The predicted molar refractivity (Wildman–Crippen MR) is 76.2 cm³/mol. The van der Waals surface area contributed by atoms with Crippen LogP contribution in [0.15, 0.2) is 34.8 Å². The summed E-state index contributed by atoms with van der Waals surface area (Å²) < 4.78 is 1.14. The van der Waals surface area contributed by atoms with Crippen molar-refractivity contribution in [3.8, 4) is 0 Å². The Morgan fingerprint density at radius 1 is 1.29 bits per heavy atom. The summed E-state index contributed by atoms with van der Waals surface area (Å²) in [7, 11) is 0. The fourth-order valence-electron chi connectivity index (χ4n) is 2.71. The Bertz CT molecular complexity index is 606. The van der Waals surface area contributed by atoms with Gasteiger partial charge in [0.25, 0.3) is 0 Å². The molecule has 0 bridgehead atoms. The molecular formula is C14H13BrN2. The molecule has 1 unspecified atom stereocenters. The number of benzene rings is 2. The number of nitrogens with one attached hydrogen (secondary N) is 1. The van der Waals surface area contributed by atoms with Gasteiger partial charge in [-0.2, -0.15) is 0 Å². The van der Waals surface area contributed by atoms with E-state index < -0.39 is 0 Å². The van der Waals surface area contributed by atoms with Gasteiger partial charge in [-0.05, 0) is 28.5 Å². The van der Waals surface area contributed by atoms with E-state index in [1.54, 1.807) is 0 Å². The third-order valence-corrected chi connectivity index (χ3v) is 4.15. The van der Waals surface area contributed by atoms with Crippen LogP contribution in [0.25, 0.3) is 10.8 Å². The lowest BCUT2D eigenvalue weighted by Crippen LogP contribution is -2.17. The van der Waals surface area contributed by atoms with Gasteiger partial charge in [-0.3, -0.25) is 5.41 Å². The van der Waals surface area contributed by atoms with Crippen LogP contribution >= 0.6 is 15.9 Å². The van der Waals surface area contributed by atoms with E-state index in [1.165, 1.54) is 28.4 Å². The lowest BCUT2D eigenvalue weighted by atomic mass is 9.96. The molecule has 2 nitrogen and oxygen atoms in total. The highest BCUT2D eigenvalue weighted by molar-refractivity contribution is 9.10. The predicted octanol–water partition coefficient (Wildman–Crippen LogP) is 4.13. The summed E-state index contributed by atoms with van der Waals surface area (Å²) in [4.78, 5) is 2.01. The van der Waals surface area contributed by atoms with E-state index in [2.05, 4.69) is 53.2 Å². The number of anilines is 1. The third kappa shape index (κ3) is 1.49. The Kier molecular flexibility index (Phi) is 2.44. The number of nitrogens with zero attached hydrogens (tertiary/aromatic N) is 1. The second-order valence-electron chi connectivity index (χ2n) is 4.52. The number of hydrogen-bond donors (Lipinski definition) is 1. The minimum Gasteiger partial charge on any atom is -0.332 e. The summed E-state index contributed by atoms with van der Waals surface area (Å²) in [6.07, 6.45) is 1.42. The maximum atomic E-state index is 7.46. The fourth-order valence-corrected chi connectivity index (χ4v) is 3.20. The Hall–Kier alpha value is -1.35. The monoisotopic (exact) mass is 288 g/mol. The van der Waals surface area contributed by atoms with E-state index in [0.29, 0.717) is 5.92 Å². The maximum Gasteiger partial charge on any atom is 0.0862 e. The van der Waals surface area contributed by atoms with Crippen LogP contribution in [0.4, 0.5) is 5.69 Å². The Morgan fingerprint density at radius 2 is 2.12 bits per heavy atom. The Labute approximate surface area is 109 Å². The van der Waals surface area contributed by atoms with Crippen LogP contribution in [0.1, 0.15) is 18.4 Å². The average Bonchev–Trinajstić information content (AvgIpc) is 2.67. The first-order valence-electron chi connectivity index (χ1n) is 5.70. The van der Waals surface area contributed by atoms with Crippen molar-refractivity contribution in [1.29, 1.82) is 5.41 Å². The van der Waals surface area contributed by atoms with E-state index in [1.807, 2.05) is 4.90 Å². The van der Waals surface area contributed by atoms with Gasteiger partial charge in [0.15, 0.2) is 0 Å². The second-order valence-corrected chi connectivity index (χ2v) is 5.37. The quantitative estimate of drug-likeness (QED) is 0.620. The minimum absolute atomic E-state index is 0.476. The van der Waals surface area contributed by atoms with Crippen molar-refractivity contribution in [2.75, 3.05) is 11.4 Å². The third-order valence-electron chi connectivity index (χ3n) is 3.46. The average molecular weight is 289 g/mol. The van der Waals surface area contributed by atoms with Gasteiger partial charge in [0.2, 0.25) is 0 Å². The SMILES string of the molecule is CC1CN(C=N)c2ccc3c(Br)cccc3c21. The van der Waals surface area contributed by atoms with Gasteiger partial charge in [0.05, 0.1) is 6.34 Å². The first-order chi connectivity index (χ1) is 8.22. The van der Waals surface area contributed by atoms with Crippen LogP contribution in [0.2, 0.25) is 0 Å². The molecule has 0 saturated heterocycles. The topological polar surface area (TPSA) is 27.1 Å². The van der Waals surface area contributed by atoms with Crippen LogP contribution in [-0.4, -0.2) is 12.9 Å². The molecule has 0 radical (unpaired) electrons.